The maximum absolute atomic E-state index is 6.68. The molecule has 0 saturated heterocycles. The Balaban J connectivity index is 0.00000406. The van der Waals surface area contributed by atoms with E-state index in [-0.39, 0.29) is 31.9 Å². The number of para-hydroxylation sites is 3. The summed E-state index contributed by atoms with van der Waals surface area (Å²) in [5.74, 6) is 1.84. The molecule has 5 aromatic carbocycles. The standard InChI is InChI=1S/C44H40N5O.Pt/c1-43(2,3)31-24-32(48-29-47(28-30-14-8-7-9-15-30)38-18-12-13-19-39(38)48)26-34(25-31)50-33-20-21-36-35-16-10-11-17-37(35)49(40(36)27-33)42-45-23-22-41(46-42)44(4,5)6;/h7-25,29H,28H2,1-6H3;/q-3;. The first-order valence-electron chi connectivity index (χ1n) is 17.1. The van der Waals surface area contributed by atoms with Crippen molar-refractivity contribution in [3.05, 3.63) is 151 Å². The van der Waals surface area contributed by atoms with Gasteiger partial charge in [-0.15, -0.1) is 47.0 Å². The maximum atomic E-state index is 6.68. The molecule has 3 heterocycles. The molecule has 0 fully saturated rings. The molecule has 0 saturated carbocycles. The van der Waals surface area contributed by atoms with Crippen molar-refractivity contribution in [1.82, 2.24) is 14.5 Å². The van der Waals surface area contributed by atoms with Gasteiger partial charge in [0.1, 0.15) is 0 Å². The number of anilines is 3. The van der Waals surface area contributed by atoms with Crippen molar-refractivity contribution in [2.24, 2.45) is 0 Å². The van der Waals surface area contributed by atoms with Crippen molar-refractivity contribution in [3.63, 3.8) is 0 Å². The quantitative estimate of drug-likeness (QED) is 0.156. The van der Waals surface area contributed by atoms with Crippen LogP contribution in [-0.4, -0.2) is 14.5 Å². The molecule has 2 aromatic heterocycles. The van der Waals surface area contributed by atoms with Crippen LogP contribution in [-0.2, 0) is 38.4 Å². The summed E-state index contributed by atoms with van der Waals surface area (Å²) in [5.41, 5.74) is 8.18. The summed E-state index contributed by atoms with van der Waals surface area (Å²) in [5, 5.41) is 2.18. The van der Waals surface area contributed by atoms with E-state index in [2.05, 4.69) is 166 Å². The summed E-state index contributed by atoms with van der Waals surface area (Å²) >= 11 is 0. The zero-order valence-corrected chi connectivity index (χ0v) is 32.0. The Morgan fingerprint density at radius 3 is 2.20 bits per heavy atom. The molecule has 1 aliphatic heterocycles. The Morgan fingerprint density at radius 2 is 1.43 bits per heavy atom. The van der Waals surface area contributed by atoms with Crippen molar-refractivity contribution in [2.75, 3.05) is 9.80 Å². The van der Waals surface area contributed by atoms with Gasteiger partial charge in [0.05, 0.1) is 5.69 Å². The van der Waals surface area contributed by atoms with E-state index in [1.165, 1.54) is 5.56 Å². The second-order valence-electron chi connectivity index (χ2n) is 15.0. The smallest absolute Gasteiger partial charge is 0.232 e. The first-order chi connectivity index (χ1) is 24.0. The van der Waals surface area contributed by atoms with Crippen LogP contribution < -0.4 is 14.5 Å². The molecule has 8 rings (SSSR count). The van der Waals surface area contributed by atoms with Crippen LogP contribution >= 0.6 is 0 Å². The number of hydrogen-bond acceptors (Lipinski definition) is 5. The molecule has 51 heavy (non-hydrogen) atoms. The predicted octanol–water partition coefficient (Wildman–Crippen LogP) is 10.8. The minimum Gasteiger partial charge on any atom is -0.509 e. The van der Waals surface area contributed by atoms with E-state index >= 15 is 0 Å². The number of benzene rings is 5. The second-order valence-corrected chi connectivity index (χ2v) is 15.0. The topological polar surface area (TPSA) is 46.4 Å². The van der Waals surface area contributed by atoms with Crippen molar-refractivity contribution in [1.29, 1.82) is 0 Å². The molecule has 1 aliphatic rings. The van der Waals surface area contributed by atoms with Gasteiger partial charge in [0.2, 0.25) is 5.95 Å². The van der Waals surface area contributed by atoms with Gasteiger partial charge in [0.25, 0.3) is 0 Å². The molecule has 0 aliphatic carbocycles. The Labute approximate surface area is 315 Å². The first kappa shape index (κ1) is 34.5. The van der Waals surface area contributed by atoms with Crippen LogP contribution in [0.1, 0.15) is 58.4 Å². The Bertz CT molecular complexity index is 2350. The molecule has 0 amide bonds. The Hall–Kier alpha value is -4.93. The minimum atomic E-state index is -0.125. The number of fused-ring (bicyclic) bond motifs is 4. The number of nitrogens with zero attached hydrogens (tertiary/aromatic N) is 5. The molecule has 0 bridgehead atoms. The largest absolute Gasteiger partial charge is 0.509 e. The van der Waals surface area contributed by atoms with Gasteiger partial charge in [-0.1, -0.05) is 108 Å². The molecule has 260 valence electrons. The molecular weight excluding hydrogens is 810 g/mol. The van der Waals surface area contributed by atoms with E-state index in [0.29, 0.717) is 17.4 Å². The first-order valence-corrected chi connectivity index (χ1v) is 17.1. The van der Waals surface area contributed by atoms with Crippen LogP contribution in [0, 0.1) is 18.8 Å². The molecule has 0 N–H and O–H groups in total. The van der Waals surface area contributed by atoms with E-state index in [1.807, 2.05) is 24.4 Å². The summed E-state index contributed by atoms with van der Waals surface area (Å²) in [6, 6.07) is 45.0. The van der Waals surface area contributed by atoms with Crippen LogP contribution in [0.4, 0.5) is 17.1 Å². The molecule has 7 heteroatoms. The van der Waals surface area contributed by atoms with Gasteiger partial charge in [-0.2, -0.15) is 12.7 Å². The van der Waals surface area contributed by atoms with Gasteiger partial charge in [-0.25, -0.2) is 9.97 Å². The second kappa shape index (κ2) is 13.3. The summed E-state index contributed by atoms with van der Waals surface area (Å²) in [7, 11) is 0. The van der Waals surface area contributed by atoms with E-state index in [0.717, 1.165) is 56.7 Å². The zero-order chi connectivity index (χ0) is 34.6. The fourth-order valence-corrected chi connectivity index (χ4v) is 6.55. The third-order valence-corrected chi connectivity index (χ3v) is 9.24. The average molecular weight is 850 g/mol. The number of ether oxygens (including phenoxy) is 1. The molecule has 0 unspecified atom stereocenters. The van der Waals surface area contributed by atoms with Gasteiger partial charge in [-0.3, -0.25) is 0 Å². The van der Waals surface area contributed by atoms with Gasteiger partial charge in [0.15, 0.2) is 0 Å². The average Bonchev–Trinajstić information content (AvgIpc) is 3.63. The molecule has 0 spiro atoms. The predicted molar refractivity (Wildman–Crippen MR) is 203 cm³/mol. The number of rotatable bonds is 6. The third-order valence-electron chi connectivity index (χ3n) is 9.24. The van der Waals surface area contributed by atoms with Crippen LogP contribution in [0.3, 0.4) is 0 Å². The van der Waals surface area contributed by atoms with Crippen molar-refractivity contribution >= 4 is 38.9 Å². The Kier molecular flexibility index (Phi) is 9.01. The van der Waals surface area contributed by atoms with Crippen LogP contribution in [0.2, 0.25) is 0 Å². The van der Waals surface area contributed by atoms with E-state index < -0.39 is 0 Å². The van der Waals surface area contributed by atoms with E-state index in [4.69, 9.17) is 14.7 Å². The summed E-state index contributed by atoms with van der Waals surface area (Å²) < 4.78 is 8.77. The monoisotopic (exact) mass is 849 g/mol. The molecular formula is C44H40N5OPt-3. The zero-order valence-electron chi connectivity index (χ0n) is 29.7. The van der Waals surface area contributed by atoms with Gasteiger partial charge < -0.3 is 19.1 Å². The van der Waals surface area contributed by atoms with E-state index in [1.54, 1.807) is 0 Å². The maximum Gasteiger partial charge on any atom is 0.232 e. The Morgan fingerprint density at radius 1 is 0.706 bits per heavy atom. The van der Waals surface area contributed by atoms with Gasteiger partial charge in [0, 0.05) is 67.6 Å². The van der Waals surface area contributed by atoms with Gasteiger partial charge >= 0.3 is 0 Å². The van der Waals surface area contributed by atoms with Crippen molar-refractivity contribution in [3.8, 4) is 17.4 Å². The SMILES string of the molecule is CC(C)(C)c1cc(Oc2[c-]c3c(cc2)c2ccccc2n3-c2nccc(C(C)(C)C)n2)[c-]c(N2[CH-]N(Cc3ccccc3)c3ccccc32)c1.[Pt]. The summed E-state index contributed by atoms with van der Waals surface area (Å²) in [4.78, 5) is 14.2. The molecule has 7 aromatic rings. The summed E-state index contributed by atoms with van der Waals surface area (Å²) in [6.07, 6.45) is 1.84. The number of aromatic nitrogens is 3. The van der Waals surface area contributed by atoms with Gasteiger partial charge in [-0.05, 0) is 40.6 Å². The molecule has 0 radical (unpaired) electrons. The minimum absolute atomic E-state index is 0. The number of hydrogen-bond donors (Lipinski definition) is 0. The van der Waals surface area contributed by atoms with Crippen molar-refractivity contribution in [2.45, 2.75) is 58.9 Å². The molecule has 6 nitrogen and oxygen atoms in total. The van der Waals surface area contributed by atoms with Crippen LogP contribution in [0.15, 0.2) is 115 Å². The van der Waals surface area contributed by atoms with E-state index in [9.17, 15) is 0 Å². The van der Waals surface area contributed by atoms with Crippen LogP contribution in [0.5, 0.6) is 11.5 Å². The van der Waals surface area contributed by atoms with Crippen LogP contribution in [0.25, 0.3) is 27.8 Å². The fourth-order valence-electron chi connectivity index (χ4n) is 6.55. The normalized spacial score (nSPS) is 13.1. The fraction of sp³-hybridized carbons (Fsp3) is 0.205. The molecule has 0 atom stereocenters. The van der Waals surface area contributed by atoms with Crippen molar-refractivity contribution < 1.29 is 25.8 Å². The third kappa shape index (κ3) is 6.66. The summed E-state index contributed by atoms with van der Waals surface area (Å²) in [6.45, 7) is 16.1.